The Kier molecular flexibility index (Phi) is 5.52. The Morgan fingerprint density at radius 1 is 1.42 bits per heavy atom. The maximum atomic E-state index is 12.0. The lowest BCUT2D eigenvalue weighted by Gasteiger charge is -2.16. The fraction of sp³-hybridized carbons (Fsp3) is 0.500. The zero-order chi connectivity index (χ0) is 13.7. The lowest BCUT2D eigenvalue weighted by Crippen LogP contribution is -2.33. The first-order valence-electron chi connectivity index (χ1n) is 6.41. The van der Waals surface area contributed by atoms with Gasteiger partial charge in [0, 0.05) is 23.4 Å². The van der Waals surface area contributed by atoms with Crippen LogP contribution in [0.1, 0.15) is 12.8 Å². The molecule has 104 valence electrons. The summed E-state index contributed by atoms with van der Waals surface area (Å²) in [5.41, 5.74) is 0. The monoisotopic (exact) mass is 345 g/mol. The molecule has 1 aliphatic rings. The highest BCUT2D eigenvalue weighted by Gasteiger charge is 2.25. The minimum atomic E-state index is 0.0621. The third-order valence-corrected chi connectivity index (χ3v) is 4.04. The molecule has 19 heavy (non-hydrogen) atoms. The Morgan fingerprint density at radius 2 is 2.16 bits per heavy atom. The van der Waals surface area contributed by atoms with Gasteiger partial charge in [0.05, 0.1) is 0 Å². The van der Waals surface area contributed by atoms with E-state index >= 15 is 0 Å². The number of carbonyl (C=O) groups is 1. The Morgan fingerprint density at radius 3 is 2.84 bits per heavy atom. The average molecular weight is 347 g/mol. The molecule has 1 aromatic carbocycles. The van der Waals surface area contributed by atoms with Crippen molar-refractivity contribution < 1.29 is 9.53 Å². The van der Waals surface area contributed by atoms with E-state index in [2.05, 4.69) is 15.9 Å². The van der Waals surface area contributed by atoms with E-state index in [1.54, 1.807) is 24.3 Å². The molecule has 1 atom stereocenters. The molecule has 3 nitrogen and oxygen atoms in total. The number of alkyl halides is 1. The van der Waals surface area contributed by atoms with Gasteiger partial charge in [0.15, 0.2) is 6.61 Å². The van der Waals surface area contributed by atoms with Crippen molar-refractivity contribution in [2.24, 2.45) is 5.92 Å². The topological polar surface area (TPSA) is 29.5 Å². The van der Waals surface area contributed by atoms with Crippen molar-refractivity contribution in [1.82, 2.24) is 4.90 Å². The molecule has 0 aliphatic carbocycles. The van der Waals surface area contributed by atoms with Gasteiger partial charge < -0.3 is 9.64 Å². The van der Waals surface area contributed by atoms with E-state index in [0.717, 1.165) is 31.3 Å². The molecule has 1 aromatic rings. The summed E-state index contributed by atoms with van der Waals surface area (Å²) in [5, 5.41) is 1.66. The van der Waals surface area contributed by atoms with Crippen LogP contribution in [0.4, 0.5) is 0 Å². The zero-order valence-corrected chi connectivity index (χ0v) is 13.0. The standard InChI is InChI=1S/C14H17BrClNO2/c15-7-5-11-6-8-17(9-11)14(18)10-19-13-3-1-12(16)2-4-13/h1-4,11H,5-10H2. The van der Waals surface area contributed by atoms with Gasteiger partial charge >= 0.3 is 0 Å². The first-order chi connectivity index (χ1) is 9.19. The van der Waals surface area contributed by atoms with E-state index < -0.39 is 0 Å². The molecule has 1 fully saturated rings. The number of halogens is 2. The lowest BCUT2D eigenvalue weighted by atomic mass is 10.1. The second-order valence-electron chi connectivity index (χ2n) is 4.71. The minimum absolute atomic E-state index is 0.0621. The van der Waals surface area contributed by atoms with Crippen molar-refractivity contribution in [2.75, 3.05) is 25.0 Å². The first kappa shape index (κ1) is 14.7. The minimum Gasteiger partial charge on any atom is -0.484 e. The van der Waals surface area contributed by atoms with Crippen LogP contribution in [0.5, 0.6) is 5.75 Å². The van der Waals surface area contributed by atoms with E-state index in [1.807, 2.05) is 4.90 Å². The second kappa shape index (κ2) is 7.15. The van der Waals surface area contributed by atoms with Crippen LogP contribution in [0, 0.1) is 5.92 Å². The molecule has 0 N–H and O–H groups in total. The Balaban J connectivity index is 1.77. The molecule has 1 amide bonds. The molecule has 0 bridgehead atoms. The Hall–Kier alpha value is -0.740. The van der Waals surface area contributed by atoms with Gasteiger partial charge in [-0.1, -0.05) is 27.5 Å². The number of amides is 1. The normalized spacial score (nSPS) is 18.6. The summed E-state index contributed by atoms with van der Waals surface area (Å²) < 4.78 is 5.47. The molecule has 0 radical (unpaired) electrons. The SMILES string of the molecule is O=C(COc1ccc(Cl)cc1)N1CCC(CCBr)C1. The summed E-state index contributed by atoms with van der Waals surface area (Å²) in [4.78, 5) is 13.9. The van der Waals surface area contributed by atoms with Gasteiger partial charge in [-0.25, -0.2) is 0 Å². The Bertz CT molecular complexity index is 424. The van der Waals surface area contributed by atoms with E-state index in [4.69, 9.17) is 16.3 Å². The molecule has 0 aromatic heterocycles. The van der Waals surface area contributed by atoms with E-state index in [0.29, 0.717) is 16.7 Å². The van der Waals surface area contributed by atoms with Gasteiger partial charge in [0.2, 0.25) is 0 Å². The van der Waals surface area contributed by atoms with Crippen LogP contribution >= 0.6 is 27.5 Å². The summed E-state index contributed by atoms with van der Waals surface area (Å²) in [7, 11) is 0. The number of likely N-dealkylation sites (tertiary alicyclic amines) is 1. The van der Waals surface area contributed by atoms with Crippen LogP contribution in [-0.2, 0) is 4.79 Å². The van der Waals surface area contributed by atoms with Crippen molar-refractivity contribution in [3.05, 3.63) is 29.3 Å². The van der Waals surface area contributed by atoms with Crippen LogP contribution in [0.3, 0.4) is 0 Å². The zero-order valence-electron chi connectivity index (χ0n) is 10.6. The molecule has 0 spiro atoms. The molecule has 5 heteroatoms. The summed E-state index contributed by atoms with van der Waals surface area (Å²) >= 11 is 9.23. The maximum absolute atomic E-state index is 12.0. The van der Waals surface area contributed by atoms with Crippen LogP contribution in [0.25, 0.3) is 0 Å². The number of carbonyl (C=O) groups excluding carboxylic acids is 1. The smallest absolute Gasteiger partial charge is 0.260 e. The summed E-state index contributed by atoms with van der Waals surface area (Å²) in [6.45, 7) is 1.80. The number of hydrogen-bond acceptors (Lipinski definition) is 2. The highest BCUT2D eigenvalue weighted by atomic mass is 79.9. The van der Waals surface area contributed by atoms with Gasteiger partial charge in [0.1, 0.15) is 5.75 Å². The van der Waals surface area contributed by atoms with Crippen molar-refractivity contribution in [1.29, 1.82) is 0 Å². The van der Waals surface area contributed by atoms with Crippen molar-refractivity contribution in [3.8, 4) is 5.75 Å². The molecule has 1 saturated heterocycles. The quantitative estimate of drug-likeness (QED) is 0.765. The fourth-order valence-corrected chi connectivity index (χ4v) is 2.99. The number of rotatable bonds is 5. The van der Waals surface area contributed by atoms with Gasteiger partial charge in [0.25, 0.3) is 5.91 Å². The summed E-state index contributed by atoms with van der Waals surface area (Å²) in [6.07, 6.45) is 2.22. The van der Waals surface area contributed by atoms with Gasteiger partial charge in [-0.2, -0.15) is 0 Å². The summed E-state index contributed by atoms with van der Waals surface area (Å²) in [5.74, 6) is 1.36. The molecule has 1 unspecified atom stereocenters. The number of nitrogens with zero attached hydrogens (tertiary/aromatic N) is 1. The summed E-state index contributed by atoms with van der Waals surface area (Å²) in [6, 6.07) is 7.05. The van der Waals surface area contributed by atoms with Crippen LogP contribution in [0.15, 0.2) is 24.3 Å². The highest BCUT2D eigenvalue weighted by Crippen LogP contribution is 2.21. The largest absolute Gasteiger partial charge is 0.484 e. The molecular formula is C14H17BrClNO2. The van der Waals surface area contributed by atoms with Gasteiger partial charge in [-0.05, 0) is 43.0 Å². The van der Waals surface area contributed by atoms with E-state index in [-0.39, 0.29) is 12.5 Å². The van der Waals surface area contributed by atoms with Crippen LogP contribution in [-0.4, -0.2) is 35.8 Å². The molecule has 1 aliphatic heterocycles. The van der Waals surface area contributed by atoms with Gasteiger partial charge in [-0.15, -0.1) is 0 Å². The van der Waals surface area contributed by atoms with Crippen LogP contribution in [0.2, 0.25) is 5.02 Å². The Labute approximate surface area is 127 Å². The predicted molar refractivity (Wildman–Crippen MR) is 80.0 cm³/mol. The van der Waals surface area contributed by atoms with Crippen molar-refractivity contribution in [3.63, 3.8) is 0 Å². The maximum Gasteiger partial charge on any atom is 0.260 e. The number of benzene rings is 1. The second-order valence-corrected chi connectivity index (χ2v) is 5.94. The third-order valence-electron chi connectivity index (χ3n) is 3.33. The molecule has 1 heterocycles. The highest BCUT2D eigenvalue weighted by molar-refractivity contribution is 9.09. The molecule has 2 rings (SSSR count). The molecular weight excluding hydrogens is 330 g/mol. The number of ether oxygens (including phenoxy) is 1. The first-order valence-corrected chi connectivity index (χ1v) is 7.91. The van der Waals surface area contributed by atoms with E-state index in [1.165, 1.54) is 0 Å². The van der Waals surface area contributed by atoms with Crippen molar-refractivity contribution >= 4 is 33.4 Å². The predicted octanol–water partition coefficient (Wildman–Crippen LogP) is 3.35. The van der Waals surface area contributed by atoms with Crippen LogP contribution < -0.4 is 4.74 Å². The lowest BCUT2D eigenvalue weighted by molar-refractivity contribution is -0.132. The molecule has 0 saturated carbocycles. The average Bonchev–Trinajstić information content (AvgIpc) is 2.87. The number of hydrogen-bond donors (Lipinski definition) is 0. The van der Waals surface area contributed by atoms with Crippen molar-refractivity contribution in [2.45, 2.75) is 12.8 Å². The van der Waals surface area contributed by atoms with Gasteiger partial charge in [-0.3, -0.25) is 4.79 Å². The fourth-order valence-electron chi connectivity index (χ4n) is 2.22. The third kappa shape index (κ3) is 4.39. The van der Waals surface area contributed by atoms with E-state index in [9.17, 15) is 4.79 Å².